The van der Waals surface area contributed by atoms with Gasteiger partial charge in [-0.3, -0.25) is 9.59 Å². The van der Waals surface area contributed by atoms with Gasteiger partial charge < -0.3 is 16.0 Å². The number of carbonyl (C=O) groups is 2. The van der Waals surface area contributed by atoms with E-state index in [0.29, 0.717) is 25.3 Å². The predicted molar refractivity (Wildman–Crippen MR) is 78.1 cm³/mol. The fraction of sp³-hybridized carbons (Fsp3) is 0.846. The van der Waals surface area contributed by atoms with Crippen LogP contribution >= 0.6 is 12.4 Å². The molecular weight excluding hydrogens is 266 g/mol. The first-order valence-electron chi connectivity index (χ1n) is 6.77. The molecule has 0 aromatic heterocycles. The monoisotopic (exact) mass is 291 g/mol. The summed E-state index contributed by atoms with van der Waals surface area (Å²) in [5.41, 5.74) is 5.82. The second-order valence-corrected chi connectivity index (χ2v) is 5.42. The van der Waals surface area contributed by atoms with Crippen molar-refractivity contribution in [2.24, 2.45) is 11.7 Å². The minimum Gasteiger partial charge on any atom is -0.350 e. The van der Waals surface area contributed by atoms with Crippen molar-refractivity contribution in [1.29, 1.82) is 0 Å². The van der Waals surface area contributed by atoms with Crippen LogP contribution in [0.3, 0.4) is 0 Å². The van der Waals surface area contributed by atoms with E-state index in [4.69, 9.17) is 5.73 Å². The quantitative estimate of drug-likeness (QED) is 0.790. The van der Waals surface area contributed by atoms with Crippen molar-refractivity contribution in [3.8, 4) is 0 Å². The zero-order valence-electron chi connectivity index (χ0n) is 12.0. The molecule has 3 N–H and O–H groups in total. The molecule has 0 aromatic carbocycles. The van der Waals surface area contributed by atoms with Crippen molar-refractivity contribution in [2.45, 2.75) is 52.1 Å². The lowest BCUT2D eigenvalue weighted by Gasteiger charge is -2.19. The Kier molecular flexibility index (Phi) is 8.02. The molecule has 2 atom stereocenters. The lowest BCUT2D eigenvalue weighted by atomic mass is 10.0. The van der Waals surface area contributed by atoms with Crippen LogP contribution in [0.2, 0.25) is 0 Å². The average Bonchev–Trinajstić information content (AvgIpc) is 2.75. The van der Waals surface area contributed by atoms with Gasteiger partial charge in [0, 0.05) is 25.6 Å². The number of rotatable bonds is 5. The van der Waals surface area contributed by atoms with Crippen molar-refractivity contribution in [3.63, 3.8) is 0 Å². The molecule has 5 nitrogen and oxygen atoms in total. The number of hydrogen-bond acceptors (Lipinski definition) is 3. The Morgan fingerprint density at radius 3 is 2.58 bits per heavy atom. The van der Waals surface area contributed by atoms with E-state index in [-0.39, 0.29) is 30.3 Å². The lowest BCUT2D eigenvalue weighted by molar-refractivity contribution is -0.130. The topological polar surface area (TPSA) is 75.4 Å². The highest BCUT2D eigenvalue weighted by atomic mass is 35.5. The van der Waals surface area contributed by atoms with Gasteiger partial charge in [0.15, 0.2) is 0 Å². The summed E-state index contributed by atoms with van der Waals surface area (Å²) in [5, 5.41) is 2.94. The van der Waals surface area contributed by atoms with Crippen LogP contribution in [0.5, 0.6) is 0 Å². The largest absolute Gasteiger partial charge is 0.350 e. The molecule has 0 radical (unpaired) electrons. The molecule has 0 bridgehead atoms. The molecule has 1 aliphatic rings. The van der Waals surface area contributed by atoms with Crippen LogP contribution in [0.25, 0.3) is 0 Å². The first kappa shape index (κ1) is 18.2. The number of nitrogens with one attached hydrogen (secondary N) is 1. The van der Waals surface area contributed by atoms with Crippen molar-refractivity contribution in [2.75, 3.05) is 13.1 Å². The van der Waals surface area contributed by atoms with Gasteiger partial charge in [-0.2, -0.15) is 0 Å². The number of hydrogen-bond donors (Lipinski definition) is 2. The highest BCUT2D eigenvalue weighted by molar-refractivity contribution is 5.85. The van der Waals surface area contributed by atoms with E-state index in [1.165, 1.54) is 0 Å². The van der Waals surface area contributed by atoms with E-state index in [9.17, 15) is 9.59 Å². The summed E-state index contributed by atoms with van der Waals surface area (Å²) in [6.07, 6.45) is 2.04. The number of amides is 2. The van der Waals surface area contributed by atoms with E-state index in [0.717, 1.165) is 13.0 Å². The van der Waals surface area contributed by atoms with Crippen LogP contribution in [0.1, 0.15) is 40.0 Å². The molecule has 2 amide bonds. The maximum Gasteiger partial charge on any atom is 0.237 e. The number of halogens is 1. The summed E-state index contributed by atoms with van der Waals surface area (Å²) < 4.78 is 0. The maximum atomic E-state index is 11.8. The van der Waals surface area contributed by atoms with Gasteiger partial charge in [-0.15, -0.1) is 12.4 Å². The number of nitrogens with two attached hydrogens (primary N) is 1. The molecule has 0 aromatic rings. The summed E-state index contributed by atoms with van der Waals surface area (Å²) in [7, 11) is 0. The average molecular weight is 292 g/mol. The molecule has 1 rings (SSSR count). The van der Waals surface area contributed by atoms with Gasteiger partial charge in [-0.25, -0.2) is 0 Å². The molecule has 112 valence electrons. The van der Waals surface area contributed by atoms with Gasteiger partial charge in [0.1, 0.15) is 0 Å². The third-order valence-corrected chi connectivity index (χ3v) is 3.25. The van der Waals surface area contributed by atoms with Gasteiger partial charge >= 0.3 is 0 Å². The SMILES string of the molecule is CCC(=O)N1CCC(NC(=O)[C@@H](N)CC(C)C)C1.Cl. The van der Waals surface area contributed by atoms with Gasteiger partial charge in [-0.05, 0) is 18.8 Å². The summed E-state index contributed by atoms with van der Waals surface area (Å²) in [6, 6.07) is -0.382. The number of likely N-dealkylation sites (tertiary alicyclic amines) is 1. The van der Waals surface area contributed by atoms with E-state index in [1.807, 2.05) is 20.8 Å². The molecule has 1 heterocycles. The summed E-state index contributed by atoms with van der Waals surface area (Å²) in [4.78, 5) is 25.2. The Morgan fingerprint density at radius 2 is 2.05 bits per heavy atom. The Balaban J connectivity index is 0.00000324. The van der Waals surface area contributed by atoms with Crippen molar-refractivity contribution >= 4 is 24.2 Å². The minimum atomic E-state index is -0.444. The molecule has 1 unspecified atom stereocenters. The molecule has 1 saturated heterocycles. The molecule has 1 fully saturated rings. The Labute approximate surface area is 121 Å². The molecule has 0 saturated carbocycles. The van der Waals surface area contributed by atoms with Gasteiger partial charge in [0.2, 0.25) is 11.8 Å². The van der Waals surface area contributed by atoms with Crippen LogP contribution < -0.4 is 11.1 Å². The first-order chi connectivity index (χ1) is 8.43. The van der Waals surface area contributed by atoms with E-state index in [1.54, 1.807) is 4.90 Å². The number of carbonyl (C=O) groups excluding carboxylic acids is 2. The highest BCUT2D eigenvalue weighted by Crippen LogP contribution is 2.11. The minimum absolute atomic E-state index is 0. The summed E-state index contributed by atoms with van der Waals surface area (Å²) in [6.45, 7) is 7.30. The molecule has 1 aliphatic heterocycles. The predicted octanol–water partition coefficient (Wildman–Crippen LogP) is 0.909. The van der Waals surface area contributed by atoms with Gasteiger partial charge in [0.25, 0.3) is 0 Å². The maximum absolute atomic E-state index is 11.8. The van der Waals surface area contributed by atoms with Crippen LogP contribution in [0.15, 0.2) is 0 Å². The lowest BCUT2D eigenvalue weighted by Crippen LogP contribution is -2.47. The second kappa shape index (κ2) is 8.38. The standard InChI is InChI=1S/C13H25N3O2.ClH/c1-4-12(17)16-6-5-10(8-16)15-13(18)11(14)7-9(2)3;/h9-11H,4-8,14H2,1-3H3,(H,15,18);1H/t10?,11-;/m0./s1. The van der Waals surface area contributed by atoms with Crippen molar-refractivity contribution < 1.29 is 9.59 Å². The summed E-state index contributed by atoms with van der Waals surface area (Å²) >= 11 is 0. The fourth-order valence-corrected chi connectivity index (χ4v) is 2.25. The normalized spacial score (nSPS) is 20.1. The Morgan fingerprint density at radius 1 is 1.42 bits per heavy atom. The van der Waals surface area contributed by atoms with Crippen LogP contribution in [-0.2, 0) is 9.59 Å². The fourth-order valence-electron chi connectivity index (χ4n) is 2.25. The van der Waals surface area contributed by atoms with Crippen LogP contribution in [0.4, 0.5) is 0 Å². The Bertz CT molecular complexity index is 310. The van der Waals surface area contributed by atoms with Gasteiger partial charge in [-0.1, -0.05) is 20.8 Å². The Hall–Kier alpha value is -0.810. The second-order valence-electron chi connectivity index (χ2n) is 5.42. The number of nitrogens with zero attached hydrogens (tertiary/aromatic N) is 1. The molecule has 19 heavy (non-hydrogen) atoms. The summed E-state index contributed by atoms with van der Waals surface area (Å²) in [5.74, 6) is 0.463. The third-order valence-electron chi connectivity index (χ3n) is 3.25. The van der Waals surface area contributed by atoms with Crippen molar-refractivity contribution in [1.82, 2.24) is 10.2 Å². The molecule has 6 heteroatoms. The smallest absolute Gasteiger partial charge is 0.237 e. The molecular formula is C13H26ClN3O2. The zero-order valence-corrected chi connectivity index (χ0v) is 12.8. The van der Waals surface area contributed by atoms with Crippen LogP contribution in [0, 0.1) is 5.92 Å². The first-order valence-corrected chi connectivity index (χ1v) is 6.77. The third kappa shape index (κ3) is 5.78. The zero-order chi connectivity index (χ0) is 13.7. The van der Waals surface area contributed by atoms with Crippen molar-refractivity contribution in [3.05, 3.63) is 0 Å². The van der Waals surface area contributed by atoms with E-state index >= 15 is 0 Å². The van der Waals surface area contributed by atoms with Crippen LogP contribution in [-0.4, -0.2) is 41.9 Å². The van der Waals surface area contributed by atoms with E-state index < -0.39 is 6.04 Å². The molecule has 0 spiro atoms. The highest BCUT2D eigenvalue weighted by Gasteiger charge is 2.27. The van der Waals surface area contributed by atoms with E-state index in [2.05, 4.69) is 5.32 Å². The van der Waals surface area contributed by atoms with Gasteiger partial charge in [0.05, 0.1) is 6.04 Å². The molecule has 0 aliphatic carbocycles.